The first-order valence-electron chi connectivity index (χ1n) is 4.88. The summed E-state index contributed by atoms with van der Waals surface area (Å²) in [5.41, 5.74) is 5.61. The fourth-order valence-electron chi connectivity index (χ4n) is 1.29. The van der Waals surface area contributed by atoms with Gasteiger partial charge in [-0.2, -0.15) is 49.2 Å². The zero-order chi connectivity index (χ0) is 9.36. The zero-order valence-electron chi connectivity index (χ0n) is 8.52. The van der Waals surface area contributed by atoms with E-state index in [2.05, 4.69) is 12.5 Å². The molecule has 0 atom stereocenters. The van der Waals surface area contributed by atoms with Gasteiger partial charge in [0, 0.05) is 32.7 Å². The molecule has 2 N–H and O–H groups in total. The van der Waals surface area contributed by atoms with Crippen LogP contribution in [0.3, 0.4) is 0 Å². The van der Waals surface area contributed by atoms with Gasteiger partial charge in [-0.3, -0.25) is 0 Å². The Kier molecular flexibility index (Phi) is 10.0. The van der Waals surface area contributed by atoms with Gasteiger partial charge in [-0.25, -0.2) is 0 Å². The maximum Gasteiger partial charge on any atom is 0 e. The van der Waals surface area contributed by atoms with Crippen molar-refractivity contribution in [1.29, 1.82) is 0 Å². The fraction of sp³-hybridized carbons (Fsp3) is 0.417. The molecule has 1 aromatic rings. The fourth-order valence-corrected chi connectivity index (χ4v) is 1.29. The summed E-state index contributed by atoms with van der Waals surface area (Å²) in [4.78, 5) is 0. The van der Waals surface area contributed by atoms with Gasteiger partial charge < -0.3 is 12.2 Å². The average molecular weight is 264 g/mol. The first-order valence-corrected chi connectivity index (χ1v) is 4.88. The summed E-state index contributed by atoms with van der Waals surface area (Å²) in [7, 11) is 0. The third-order valence-corrected chi connectivity index (χ3v) is 2.09. The molecule has 1 aromatic carbocycles. The second-order valence-electron chi connectivity index (χ2n) is 3.28. The van der Waals surface area contributed by atoms with Crippen molar-refractivity contribution in [2.24, 2.45) is 5.73 Å². The molecule has 1 saturated carbocycles. The second kappa shape index (κ2) is 9.82. The van der Waals surface area contributed by atoms with Crippen LogP contribution in [-0.2, 0) is 32.7 Å². The molecule has 0 heterocycles. The Bertz CT molecular complexity index is 168. The van der Waals surface area contributed by atoms with Gasteiger partial charge in [0.05, 0.1) is 0 Å². The Labute approximate surface area is 112 Å². The van der Waals surface area contributed by atoms with Crippen molar-refractivity contribution in [2.75, 3.05) is 0 Å². The Morgan fingerprint density at radius 2 is 1.64 bits per heavy atom. The van der Waals surface area contributed by atoms with Gasteiger partial charge in [0.25, 0.3) is 0 Å². The van der Waals surface area contributed by atoms with Crippen molar-refractivity contribution in [3.63, 3.8) is 0 Å². The first-order chi connectivity index (χ1) is 6.39. The quantitative estimate of drug-likeness (QED) is 0.716. The zero-order valence-corrected chi connectivity index (χ0v) is 11.4. The van der Waals surface area contributed by atoms with Crippen molar-refractivity contribution < 1.29 is 32.7 Å². The second-order valence-corrected chi connectivity index (χ2v) is 3.28. The molecular weight excluding hydrogens is 247 g/mol. The van der Waals surface area contributed by atoms with Gasteiger partial charge in [-0.15, -0.1) is 0 Å². The van der Waals surface area contributed by atoms with Crippen molar-refractivity contribution in [3.05, 3.63) is 42.8 Å². The number of rotatable bonds is 0. The first kappa shape index (κ1) is 14.3. The van der Waals surface area contributed by atoms with Gasteiger partial charge in [0.1, 0.15) is 0 Å². The van der Waals surface area contributed by atoms with Crippen LogP contribution in [-0.4, -0.2) is 6.04 Å². The molecule has 0 unspecified atom stereocenters. The largest absolute Gasteiger partial charge is 0.328 e. The van der Waals surface area contributed by atoms with Crippen LogP contribution in [0.4, 0.5) is 0 Å². The molecule has 0 aromatic heterocycles. The van der Waals surface area contributed by atoms with Crippen molar-refractivity contribution in [2.45, 2.75) is 31.7 Å². The Balaban J connectivity index is 0.000000227. The Morgan fingerprint density at radius 3 is 1.86 bits per heavy atom. The Hall–Kier alpha value is 0.284. The van der Waals surface area contributed by atoms with Gasteiger partial charge in [-0.05, 0) is 6.04 Å². The summed E-state index contributed by atoms with van der Waals surface area (Å²) < 4.78 is 0. The maximum atomic E-state index is 5.61. The Morgan fingerprint density at radius 1 is 1.07 bits per heavy atom. The third-order valence-electron chi connectivity index (χ3n) is 2.09. The normalized spacial score (nSPS) is 16.1. The van der Waals surface area contributed by atoms with E-state index in [1.54, 1.807) is 0 Å². The molecule has 2 heteroatoms. The molecule has 14 heavy (non-hydrogen) atoms. The molecule has 0 saturated heterocycles. The van der Waals surface area contributed by atoms with Crippen LogP contribution in [0, 0.1) is 12.5 Å². The summed E-state index contributed by atoms with van der Waals surface area (Å²) in [6, 6.07) is 13.0. The molecule has 1 fully saturated rings. The van der Waals surface area contributed by atoms with E-state index in [4.69, 9.17) is 5.73 Å². The molecule has 1 aliphatic carbocycles. The molecular formula is C12H17NY-2. The topological polar surface area (TPSA) is 26.0 Å². The summed E-state index contributed by atoms with van der Waals surface area (Å²) >= 11 is 0. The molecule has 1 nitrogen and oxygen atoms in total. The van der Waals surface area contributed by atoms with E-state index in [-0.39, 0.29) is 32.7 Å². The molecule has 0 amide bonds. The summed E-state index contributed by atoms with van der Waals surface area (Å²) in [6.45, 7) is 0. The summed E-state index contributed by atoms with van der Waals surface area (Å²) in [6.07, 6.45) is 7.21. The minimum Gasteiger partial charge on any atom is -0.328 e. The summed E-state index contributed by atoms with van der Waals surface area (Å²) in [5.74, 6) is 0. The minimum atomic E-state index is 0. The van der Waals surface area contributed by atoms with Crippen LogP contribution in [0.1, 0.15) is 25.7 Å². The third kappa shape index (κ3) is 7.67. The number of hydrogen-bond donors (Lipinski definition) is 1. The van der Waals surface area contributed by atoms with Crippen LogP contribution in [0.5, 0.6) is 0 Å². The molecule has 0 aliphatic heterocycles. The summed E-state index contributed by atoms with van der Waals surface area (Å²) in [5, 5.41) is 0. The van der Waals surface area contributed by atoms with Crippen LogP contribution in [0.2, 0.25) is 0 Å². The van der Waals surface area contributed by atoms with Crippen molar-refractivity contribution >= 4 is 0 Å². The van der Waals surface area contributed by atoms with Gasteiger partial charge in [0.2, 0.25) is 0 Å². The predicted molar refractivity (Wildman–Crippen MR) is 56.0 cm³/mol. The minimum absolute atomic E-state index is 0. The van der Waals surface area contributed by atoms with Gasteiger partial charge in [0.15, 0.2) is 0 Å². The maximum absolute atomic E-state index is 5.61. The van der Waals surface area contributed by atoms with Crippen LogP contribution >= 0.6 is 0 Å². The van der Waals surface area contributed by atoms with E-state index in [0.29, 0.717) is 6.04 Å². The van der Waals surface area contributed by atoms with Gasteiger partial charge >= 0.3 is 0 Å². The molecule has 75 valence electrons. The van der Waals surface area contributed by atoms with Crippen LogP contribution in [0.25, 0.3) is 0 Å². The van der Waals surface area contributed by atoms with Gasteiger partial charge in [-0.1, -0.05) is 12.8 Å². The molecule has 1 aliphatic rings. The van der Waals surface area contributed by atoms with E-state index in [1.807, 2.05) is 30.3 Å². The average Bonchev–Trinajstić information content (AvgIpc) is 2.22. The number of benzene rings is 1. The van der Waals surface area contributed by atoms with Crippen molar-refractivity contribution in [3.8, 4) is 0 Å². The number of nitrogens with two attached hydrogens (primary N) is 1. The molecule has 2 rings (SSSR count). The SMILES string of the molecule is NC1CC[CH-]CC1.[Y].[c-]1ccccc1. The van der Waals surface area contributed by atoms with E-state index >= 15 is 0 Å². The standard InChI is InChI=1S/C6H12N.C6H5.Y/c7-6-4-2-1-3-5-6;1-2-4-6-5-3-1;/h1,6H,2-5,7H2;1-5H;/q2*-1;. The predicted octanol–water partition coefficient (Wildman–Crippen LogP) is 2.58. The molecule has 0 spiro atoms. The molecule has 1 radical (unpaired) electrons. The van der Waals surface area contributed by atoms with E-state index in [1.165, 1.54) is 25.7 Å². The molecule has 0 bridgehead atoms. The smallest absolute Gasteiger partial charge is 0 e. The van der Waals surface area contributed by atoms with E-state index in [9.17, 15) is 0 Å². The van der Waals surface area contributed by atoms with Crippen LogP contribution in [0.15, 0.2) is 30.3 Å². The van der Waals surface area contributed by atoms with E-state index < -0.39 is 0 Å². The van der Waals surface area contributed by atoms with Crippen LogP contribution < -0.4 is 5.73 Å². The number of hydrogen-bond acceptors (Lipinski definition) is 1. The van der Waals surface area contributed by atoms with Crippen molar-refractivity contribution in [1.82, 2.24) is 0 Å². The van der Waals surface area contributed by atoms with E-state index in [0.717, 1.165) is 0 Å². The monoisotopic (exact) mass is 264 g/mol.